The number of ether oxygens (including phenoxy) is 1. The first-order valence-corrected chi connectivity index (χ1v) is 6.16. The van der Waals surface area contributed by atoms with Crippen molar-refractivity contribution in [1.29, 1.82) is 0 Å². The van der Waals surface area contributed by atoms with Crippen molar-refractivity contribution in [2.45, 2.75) is 32.4 Å². The monoisotopic (exact) mass is 244 g/mol. The fraction of sp³-hybridized carbons (Fsp3) is 0.357. The van der Waals surface area contributed by atoms with Crippen LogP contribution in [0, 0.1) is 6.92 Å². The van der Waals surface area contributed by atoms with Gasteiger partial charge in [-0.15, -0.1) is 0 Å². The standard InChI is InChI=1S/C14H16N2O2/c1-9-6-11(16-18-9)8-17-12-3-4-13-10(7-12)2-5-14(13)15/h3-4,6-7,14H,2,5,8,15H2,1H3/t14-/m0/s1. The zero-order chi connectivity index (χ0) is 12.5. The number of hydrogen-bond donors (Lipinski definition) is 1. The van der Waals surface area contributed by atoms with Gasteiger partial charge in [0.05, 0.1) is 0 Å². The number of nitrogens with two attached hydrogens (primary N) is 1. The summed E-state index contributed by atoms with van der Waals surface area (Å²) in [5, 5.41) is 3.90. The van der Waals surface area contributed by atoms with Gasteiger partial charge >= 0.3 is 0 Å². The van der Waals surface area contributed by atoms with Crippen LogP contribution in [0.4, 0.5) is 0 Å². The Morgan fingerprint density at radius 3 is 3.11 bits per heavy atom. The minimum Gasteiger partial charge on any atom is -0.487 e. The predicted molar refractivity (Wildman–Crippen MR) is 67.3 cm³/mol. The first kappa shape index (κ1) is 11.3. The Kier molecular flexibility index (Phi) is 2.80. The van der Waals surface area contributed by atoms with Crippen LogP contribution in [0.15, 0.2) is 28.8 Å². The smallest absolute Gasteiger partial charge is 0.134 e. The van der Waals surface area contributed by atoms with Crippen molar-refractivity contribution >= 4 is 0 Å². The topological polar surface area (TPSA) is 61.3 Å². The number of aromatic nitrogens is 1. The van der Waals surface area contributed by atoms with Crippen molar-refractivity contribution in [3.05, 3.63) is 46.8 Å². The van der Waals surface area contributed by atoms with Crippen molar-refractivity contribution in [2.75, 3.05) is 0 Å². The normalized spacial score (nSPS) is 17.8. The fourth-order valence-corrected chi connectivity index (χ4v) is 2.36. The lowest BCUT2D eigenvalue weighted by Crippen LogP contribution is -2.05. The molecule has 0 aliphatic heterocycles. The molecule has 1 aromatic carbocycles. The van der Waals surface area contributed by atoms with Gasteiger partial charge in [-0.2, -0.15) is 0 Å². The second kappa shape index (κ2) is 4.46. The van der Waals surface area contributed by atoms with Crippen LogP contribution in [-0.4, -0.2) is 5.16 Å². The molecule has 0 unspecified atom stereocenters. The Labute approximate surface area is 106 Å². The van der Waals surface area contributed by atoms with Crippen molar-refractivity contribution in [2.24, 2.45) is 5.73 Å². The van der Waals surface area contributed by atoms with E-state index in [0.717, 1.165) is 30.0 Å². The van der Waals surface area contributed by atoms with Crippen LogP contribution in [0.3, 0.4) is 0 Å². The first-order chi connectivity index (χ1) is 8.72. The molecule has 1 aliphatic rings. The molecule has 4 heteroatoms. The van der Waals surface area contributed by atoms with Gasteiger partial charge in [0.1, 0.15) is 23.8 Å². The summed E-state index contributed by atoms with van der Waals surface area (Å²) in [7, 11) is 0. The second-order valence-electron chi connectivity index (χ2n) is 4.72. The van der Waals surface area contributed by atoms with Gasteiger partial charge < -0.3 is 15.0 Å². The molecule has 0 spiro atoms. The van der Waals surface area contributed by atoms with Gasteiger partial charge in [-0.3, -0.25) is 0 Å². The maximum atomic E-state index is 6.00. The molecule has 4 nitrogen and oxygen atoms in total. The molecule has 1 aliphatic carbocycles. The summed E-state index contributed by atoms with van der Waals surface area (Å²) in [4.78, 5) is 0. The molecule has 1 aromatic heterocycles. The van der Waals surface area contributed by atoms with Crippen LogP contribution in [-0.2, 0) is 13.0 Å². The van der Waals surface area contributed by atoms with E-state index in [0.29, 0.717) is 6.61 Å². The van der Waals surface area contributed by atoms with Crippen molar-refractivity contribution < 1.29 is 9.26 Å². The number of aryl methyl sites for hydroxylation is 2. The van der Waals surface area contributed by atoms with Crippen molar-refractivity contribution in [1.82, 2.24) is 5.16 Å². The molecule has 0 bridgehead atoms. The van der Waals surface area contributed by atoms with Crippen LogP contribution >= 0.6 is 0 Å². The molecule has 1 atom stereocenters. The predicted octanol–water partition coefficient (Wildman–Crippen LogP) is 2.51. The van der Waals surface area contributed by atoms with Gasteiger partial charge in [0.2, 0.25) is 0 Å². The molecule has 0 saturated carbocycles. The van der Waals surface area contributed by atoms with E-state index in [-0.39, 0.29) is 6.04 Å². The summed E-state index contributed by atoms with van der Waals surface area (Å²) in [5.74, 6) is 1.66. The average molecular weight is 244 g/mol. The highest BCUT2D eigenvalue weighted by molar-refractivity contribution is 5.40. The summed E-state index contributed by atoms with van der Waals surface area (Å²) in [6.45, 7) is 2.30. The minimum absolute atomic E-state index is 0.187. The zero-order valence-corrected chi connectivity index (χ0v) is 10.3. The summed E-state index contributed by atoms with van der Waals surface area (Å²) in [6, 6.07) is 8.18. The molecule has 0 saturated heterocycles. The average Bonchev–Trinajstić information content (AvgIpc) is 2.94. The van der Waals surface area contributed by atoms with E-state index in [9.17, 15) is 0 Å². The van der Waals surface area contributed by atoms with E-state index in [1.165, 1.54) is 11.1 Å². The molecule has 0 radical (unpaired) electrons. The molecule has 3 rings (SSSR count). The Morgan fingerprint density at radius 1 is 1.44 bits per heavy atom. The second-order valence-corrected chi connectivity index (χ2v) is 4.72. The number of benzene rings is 1. The van der Waals surface area contributed by atoms with E-state index in [1.807, 2.05) is 19.1 Å². The molecule has 2 N–H and O–H groups in total. The highest BCUT2D eigenvalue weighted by atomic mass is 16.5. The maximum Gasteiger partial charge on any atom is 0.134 e. The highest BCUT2D eigenvalue weighted by Gasteiger charge is 2.19. The third-order valence-electron chi connectivity index (χ3n) is 3.30. The number of fused-ring (bicyclic) bond motifs is 1. The lowest BCUT2D eigenvalue weighted by Gasteiger charge is -2.08. The van der Waals surface area contributed by atoms with Crippen molar-refractivity contribution in [3.8, 4) is 5.75 Å². The molecule has 18 heavy (non-hydrogen) atoms. The van der Waals surface area contributed by atoms with E-state index in [4.69, 9.17) is 15.0 Å². The fourth-order valence-electron chi connectivity index (χ4n) is 2.36. The summed E-state index contributed by atoms with van der Waals surface area (Å²) >= 11 is 0. The Bertz CT molecular complexity index is 563. The number of hydrogen-bond acceptors (Lipinski definition) is 4. The largest absolute Gasteiger partial charge is 0.487 e. The summed E-state index contributed by atoms with van der Waals surface area (Å²) < 4.78 is 10.7. The molecule has 0 fully saturated rings. The lowest BCUT2D eigenvalue weighted by molar-refractivity contribution is 0.287. The van der Waals surface area contributed by atoms with Crippen molar-refractivity contribution in [3.63, 3.8) is 0 Å². The number of nitrogens with zero attached hydrogens (tertiary/aromatic N) is 1. The third kappa shape index (κ3) is 2.11. The van der Waals surface area contributed by atoms with E-state index < -0.39 is 0 Å². The van der Waals surface area contributed by atoms with Gasteiger partial charge in [-0.25, -0.2) is 0 Å². The Hall–Kier alpha value is -1.81. The van der Waals surface area contributed by atoms with Crippen LogP contribution in [0.5, 0.6) is 5.75 Å². The van der Waals surface area contributed by atoms with E-state index in [1.54, 1.807) is 0 Å². The maximum absolute atomic E-state index is 6.00. The molecule has 0 amide bonds. The summed E-state index contributed by atoms with van der Waals surface area (Å²) in [5.41, 5.74) is 9.36. The molecule has 94 valence electrons. The molecule has 1 heterocycles. The Balaban J connectivity index is 1.70. The van der Waals surface area contributed by atoms with Gasteiger partial charge in [0.25, 0.3) is 0 Å². The SMILES string of the molecule is Cc1cc(COc2ccc3c(c2)CC[C@@H]3N)no1. The zero-order valence-electron chi connectivity index (χ0n) is 10.3. The van der Waals surface area contributed by atoms with Crippen LogP contribution < -0.4 is 10.5 Å². The van der Waals surface area contributed by atoms with Crippen LogP contribution in [0.25, 0.3) is 0 Å². The minimum atomic E-state index is 0.187. The van der Waals surface area contributed by atoms with Crippen LogP contribution in [0.2, 0.25) is 0 Å². The number of rotatable bonds is 3. The van der Waals surface area contributed by atoms with Crippen LogP contribution in [0.1, 0.15) is 35.0 Å². The molecular weight excluding hydrogens is 228 g/mol. The van der Waals surface area contributed by atoms with Gasteiger partial charge in [0.15, 0.2) is 0 Å². The van der Waals surface area contributed by atoms with E-state index >= 15 is 0 Å². The quantitative estimate of drug-likeness (QED) is 0.901. The Morgan fingerprint density at radius 2 is 2.33 bits per heavy atom. The third-order valence-corrected chi connectivity index (χ3v) is 3.30. The molecular formula is C14H16N2O2. The van der Waals surface area contributed by atoms with Gasteiger partial charge in [0, 0.05) is 12.1 Å². The lowest BCUT2D eigenvalue weighted by atomic mass is 10.1. The van der Waals surface area contributed by atoms with E-state index in [2.05, 4.69) is 17.3 Å². The van der Waals surface area contributed by atoms with Gasteiger partial charge in [-0.05, 0) is 43.0 Å². The first-order valence-electron chi connectivity index (χ1n) is 6.16. The highest BCUT2D eigenvalue weighted by Crippen LogP contribution is 2.31. The summed E-state index contributed by atoms with van der Waals surface area (Å²) in [6.07, 6.45) is 2.07. The molecule has 2 aromatic rings. The van der Waals surface area contributed by atoms with Gasteiger partial charge in [-0.1, -0.05) is 11.2 Å².